The van der Waals surface area contributed by atoms with Gasteiger partial charge in [-0.2, -0.15) is 0 Å². The fourth-order valence-corrected chi connectivity index (χ4v) is 5.74. The lowest BCUT2D eigenvalue weighted by Gasteiger charge is -2.25. The molecular formula is C27H34FN3O5. The minimum absolute atomic E-state index is 0.0671. The minimum atomic E-state index is -1.10. The Morgan fingerprint density at radius 2 is 1.75 bits per heavy atom. The molecule has 2 aromatic rings. The third-order valence-corrected chi connectivity index (χ3v) is 7.48. The zero-order valence-corrected chi connectivity index (χ0v) is 20.9. The average Bonchev–Trinajstić information content (AvgIpc) is 3.45. The summed E-state index contributed by atoms with van der Waals surface area (Å²) in [6.07, 6.45) is 9.88. The Bertz CT molecular complexity index is 1230. The van der Waals surface area contributed by atoms with Gasteiger partial charge in [-0.1, -0.05) is 32.1 Å². The normalized spacial score (nSPS) is 22.6. The molecular weight excluding hydrogens is 465 g/mol. The van der Waals surface area contributed by atoms with Crippen molar-refractivity contribution in [2.45, 2.75) is 102 Å². The highest BCUT2D eigenvalue weighted by molar-refractivity contribution is 5.96. The van der Waals surface area contributed by atoms with Crippen LogP contribution in [0.1, 0.15) is 84.1 Å². The molecule has 0 bridgehead atoms. The summed E-state index contributed by atoms with van der Waals surface area (Å²) in [4.78, 5) is 38.1. The number of esters is 1. The molecule has 2 N–H and O–H groups in total. The Morgan fingerprint density at radius 3 is 2.42 bits per heavy atom. The number of rotatable bonds is 6. The van der Waals surface area contributed by atoms with Crippen LogP contribution in [-0.2, 0) is 19.1 Å². The van der Waals surface area contributed by atoms with Crippen molar-refractivity contribution in [1.82, 2.24) is 4.57 Å². The summed E-state index contributed by atoms with van der Waals surface area (Å²) >= 11 is 0. The second-order valence-electron chi connectivity index (χ2n) is 10.7. The molecule has 5 rings (SSSR count). The summed E-state index contributed by atoms with van der Waals surface area (Å²) in [5, 5.41) is 6.23. The predicted octanol–water partition coefficient (Wildman–Crippen LogP) is 5.01. The van der Waals surface area contributed by atoms with Gasteiger partial charge in [0.05, 0.1) is 23.0 Å². The van der Waals surface area contributed by atoms with E-state index in [0.29, 0.717) is 11.2 Å². The van der Waals surface area contributed by atoms with Crippen molar-refractivity contribution in [3.8, 4) is 0 Å². The number of benzene rings is 1. The molecule has 1 aromatic carbocycles. The molecule has 2 aliphatic carbocycles. The van der Waals surface area contributed by atoms with E-state index in [1.165, 1.54) is 12.5 Å². The highest BCUT2D eigenvalue weighted by atomic mass is 19.1. The standard InChI is InChI=1S/C27H34FN3O5/c1-27(2)35-23(26(34)36-27)14-24(32)30-21-15-31(17-10-6-7-11-17)22-13-20(19(28)12-18(22)25(21)33)29-16-8-4-3-5-9-16/h12-13,15-17,23,29H,3-11,14H2,1-2H3,(H,30,32). The summed E-state index contributed by atoms with van der Waals surface area (Å²) in [6, 6.07) is 3.41. The van der Waals surface area contributed by atoms with Crippen molar-refractivity contribution >= 4 is 34.2 Å². The quantitative estimate of drug-likeness (QED) is 0.543. The van der Waals surface area contributed by atoms with Gasteiger partial charge < -0.3 is 24.7 Å². The third kappa shape index (κ3) is 5.12. The van der Waals surface area contributed by atoms with E-state index in [1.807, 2.05) is 4.57 Å². The van der Waals surface area contributed by atoms with E-state index in [9.17, 15) is 14.4 Å². The van der Waals surface area contributed by atoms with Gasteiger partial charge in [0.1, 0.15) is 11.5 Å². The Kier molecular flexibility index (Phi) is 6.76. The van der Waals surface area contributed by atoms with Gasteiger partial charge in [-0.15, -0.1) is 0 Å². The van der Waals surface area contributed by atoms with Gasteiger partial charge in [-0.3, -0.25) is 9.59 Å². The SMILES string of the molecule is CC1(C)OC(=O)C(CC(=O)Nc2cn(C3CCCC3)c3cc(NC4CCCCC4)c(F)cc3c2=O)O1. The number of fused-ring (bicyclic) bond motifs is 1. The molecule has 3 aliphatic rings. The zero-order valence-electron chi connectivity index (χ0n) is 20.9. The number of hydrogen-bond acceptors (Lipinski definition) is 6. The van der Waals surface area contributed by atoms with E-state index in [1.54, 1.807) is 26.1 Å². The molecule has 1 saturated heterocycles. The number of aromatic nitrogens is 1. The lowest BCUT2D eigenvalue weighted by molar-refractivity contribution is -0.160. The molecule has 3 fully saturated rings. The largest absolute Gasteiger partial charge is 0.432 e. The lowest BCUT2D eigenvalue weighted by Crippen LogP contribution is -2.28. The van der Waals surface area contributed by atoms with Crippen molar-refractivity contribution in [3.05, 3.63) is 34.4 Å². The van der Waals surface area contributed by atoms with Crippen LogP contribution >= 0.6 is 0 Å². The van der Waals surface area contributed by atoms with Gasteiger partial charge in [-0.25, -0.2) is 9.18 Å². The van der Waals surface area contributed by atoms with Gasteiger partial charge in [0, 0.05) is 32.1 Å². The van der Waals surface area contributed by atoms with Gasteiger partial charge in [0.15, 0.2) is 6.10 Å². The summed E-state index contributed by atoms with van der Waals surface area (Å²) < 4.78 is 27.8. The van der Waals surface area contributed by atoms with Crippen molar-refractivity contribution in [2.75, 3.05) is 10.6 Å². The topological polar surface area (TPSA) is 98.7 Å². The number of nitrogens with one attached hydrogen (secondary N) is 2. The molecule has 1 amide bonds. The van der Waals surface area contributed by atoms with Crippen molar-refractivity contribution in [1.29, 1.82) is 0 Å². The molecule has 1 unspecified atom stereocenters. The Balaban J connectivity index is 1.46. The van der Waals surface area contributed by atoms with Crippen LogP contribution in [0.2, 0.25) is 0 Å². The van der Waals surface area contributed by atoms with Crippen LogP contribution in [0, 0.1) is 5.82 Å². The second-order valence-corrected chi connectivity index (χ2v) is 10.7. The maximum atomic E-state index is 15.2. The number of pyridine rings is 1. The smallest absolute Gasteiger partial charge is 0.338 e. The van der Waals surface area contributed by atoms with Gasteiger partial charge in [0.2, 0.25) is 17.1 Å². The van der Waals surface area contributed by atoms with Crippen LogP contribution in [0.25, 0.3) is 10.9 Å². The molecule has 36 heavy (non-hydrogen) atoms. The molecule has 1 aromatic heterocycles. The first-order valence-electron chi connectivity index (χ1n) is 13.1. The molecule has 9 heteroatoms. The Morgan fingerprint density at radius 1 is 1.06 bits per heavy atom. The van der Waals surface area contributed by atoms with Gasteiger partial charge >= 0.3 is 5.97 Å². The lowest BCUT2D eigenvalue weighted by atomic mass is 9.95. The summed E-state index contributed by atoms with van der Waals surface area (Å²) in [5.41, 5.74) is 0.689. The number of anilines is 2. The molecule has 2 saturated carbocycles. The highest BCUT2D eigenvalue weighted by Crippen LogP contribution is 2.34. The Labute approximate surface area is 209 Å². The first-order valence-corrected chi connectivity index (χ1v) is 13.1. The third-order valence-electron chi connectivity index (χ3n) is 7.48. The van der Waals surface area contributed by atoms with Crippen LogP contribution in [0.4, 0.5) is 15.8 Å². The molecule has 8 nitrogen and oxygen atoms in total. The summed E-state index contributed by atoms with van der Waals surface area (Å²) in [5.74, 6) is -2.73. The van der Waals surface area contributed by atoms with Crippen molar-refractivity contribution in [3.63, 3.8) is 0 Å². The number of ether oxygens (including phenoxy) is 2. The number of cyclic esters (lactones) is 1. The maximum absolute atomic E-state index is 15.2. The molecule has 0 radical (unpaired) electrons. The molecule has 0 spiro atoms. The second kappa shape index (κ2) is 9.84. The predicted molar refractivity (Wildman–Crippen MR) is 134 cm³/mol. The van der Waals surface area contributed by atoms with Gasteiger partial charge in [-0.05, 0) is 37.8 Å². The Hall–Kier alpha value is -2.94. The molecule has 194 valence electrons. The molecule has 1 aliphatic heterocycles. The number of hydrogen-bond donors (Lipinski definition) is 2. The minimum Gasteiger partial charge on any atom is -0.432 e. The maximum Gasteiger partial charge on any atom is 0.338 e. The van der Waals surface area contributed by atoms with E-state index in [2.05, 4.69) is 10.6 Å². The summed E-state index contributed by atoms with van der Waals surface area (Å²) in [7, 11) is 0. The van der Waals surface area contributed by atoms with Crippen molar-refractivity contribution in [2.24, 2.45) is 0 Å². The van der Waals surface area contributed by atoms with Crippen molar-refractivity contribution < 1.29 is 23.5 Å². The zero-order chi connectivity index (χ0) is 25.4. The number of amides is 1. The van der Waals surface area contributed by atoms with Crippen LogP contribution in [0.5, 0.6) is 0 Å². The first-order chi connectivity index (χ1) is 17.2. The van der Waals surface area contributed by atoms with E-state index < -0.39 is 35.0 Å². The molecule has 1 atom stereocenters. The number of carbonyl (C=O) groups excluding carboxylic acids is 2. The number of halogens is 1. The van der Waals surface area contributed by atoms with Gasteiger partial charge in [0.25, 0.3) is 0 Å². The fraction of sp³-hybridized carbons (Fsp3) is 0.593. The first kappa shape index (κ1) is 24.7. The van der Waals surface area contributed by atoms with E-state index >= 15 is 4.39 Å². The average molecular weight is 500 g/mol. The van der Waals surface area contributed by atoms with Crippen LogP contribution in [0.3, 0.4) is 0 Å². The van der Waals surface area contributed by atoms with Crippen LogP contribution in [0.15, 0.2) is 23.1 Å². The monoisotopic (exact) mass is 499 g/mol. The number of carbonyl (C=O) groups is 2. The highest BCUT2D eigenvalue weighted by Gasteiger charge is 2.42. The van der Waals surface area contributed by atoms with Crippen LogP contribution < -0.4 is 16.1 Å². The van der Waals surface area contributed by atoms with E-state index in [0.717, 1.165) is 51.4 Å². The van der Waals surface area contributed by atoms with E-state index in [-0.39, 0.29) is 29.6 Å². The number of nitrogens with zero attached hydrogens (tertiary/aromatic N) is 1. The fourth-order valence-electron chi connectivity index (χ4n) is 5.74. The van der Waals surface area contributed by atoms with Crippen LogP contribution in [-0.4, -0.2) is 34.4 Å². The van der Waals surface area contributed by atoms with E-state index in [4.69, 9.17) is 9.47 Å². The summed E-state index contributed by atoms with van der Waals surface area (Å²) in [6.45, 7) is 3.19. The molecule has 2 heterocycles.